The van der Waals surface area contributed by atoms with Gasteiger partial charge in [0.05, 0.1) is 5.69 Å². The van der Waals surface area contributed by atoms with Crippen LogP contribution in [0.15, 0.2) is 0 Å². The van der Waals surface area contributed by atoms with Crippen LogP contribution in [0.2, 0.25) is 0 Å². The first-order chi connectivity index (χ1) is 9.85. The molecule has 0 spiro atoms. The van der Waals surface area contributed by atoms with Crippen LogP contribution in [0, 0.1) is 13.8 Å². The fourth-order valence-electron chi connectivity index (χ4n) is 2.10. The maximum atomic E-state index is 11.9. The number of hydrogen-bond acceptors (Lipinski definition) is 3. The Morgan fingerprint density at radius 3 is 2.62 bits per heavy atom. The van der Waals surface area contributed by atoms with E-state index in [0.717, 1.165) is 30.9 Å². The van der Waals surface area contributed by atoms with Gasteiger partial charge in [-0.05, 0) is 33.2 Å². The zero-order valence-corrected chi connectivity index (χ0v) is 12.9. The summed E-state index contributed by atoms with van der Waals surface area (Å²) in [5.41, 5.74) is 3.19. The fraction of sp³-hybridized carbons (Fsp3) is 0.786. The van der Waals surface area contributed by atoms with E-state index in [1.807, 2.05) is 18.5 Å². The molecular formula is C14H24F3N3O. The Morgan fingerprint density at radius 2 is 2.00 bits per heavy atom. The molecule has 1 aromatic rings. The SMILES string of the molecule is CCCNCc1c(C)nn(CCCOCC(F)(F)F)c1C. The topological polar surface area (TPSA) is 39.1 Å². The first-order valence-electron chi connectivity index (χ1n) is 7.23. The standard InChI is InChI=1S/C14H24F3N3O/c1-4-6-18-9-13-11(2)19-20(12(13)3)7-5-8-21-10-14(15,16)17/h18H,4-10H2,1-3H3. The van der Waals surface area contributed by atoms with Gasteiger partial charge in [0.2, 0.25) is 0 Å². The Hall–Kier alpha value is -1.08. The summed E-state index contributed by atoms with van der Waals surface area (Å²) in [5, 5.41) is 7.77. The molecule has 0 bridgehead atoms. The molecule has 0 aromatic carbocycles. The highest BCUT2D eigenvalue weighted by Gasteiger charge is 2.27. The number of ether oxygens (including phenoxy) is 1. The van der Waals surface area contributed by atoms with Crippen LogP contribution in [-0.4, -0.2) is 35.7 Å². The second-order valence-corrected chi connectivity index (χ2v) is 5.07. The summed E-state index contributed by atoms with van der Waals surface area (Å²) < 4.78 is 42.2. The van der Waals surface area contributed by atoms with Crippen LogP contribution in [0.1, 0.15) is 36.7 Å². The lowest BCUT2D eigenvalue weighted by Crippen LogP contribution is -2.18. The van der Waals surface area contributed by atoms with E-state index in [9.17, 15) is 13.2 Å². The molecule has 0 saturated heterocycles. The summed E-state index contributed by atoms with van der Waals surface area (Å²) in [5.74, 6) is 0. The minimum atomic E-state index is -4.25. The molecule has 0 aliphatic rings. The lowest BCUT2D eigenvalue weighted by atomic mass is 10.2. The zero-order valence-electron chi connectivity index (χ0n) is 12.9. The first kappa shape index (κ1) is 18.0. The number of nitrogens with one attached hydrogen (secondary N) is 1. The smallest absolute Gasteiger partial charge is 0.372 e. The van der Waals surface area contributed by atoms with E-state index in [4.69, 9.17) is 0 Å². The predicted molar refractivity (Wildman–Crippen MR) is 75.2 cm³/mol. The molecule has 7 heteroatoms. The number of hydrogen-bond donors (Lipinski definition) is 1. The lowest BCUT2D eigenvalue weighted by molar-refractivity contribution is -0.174. The molecule has 0 saturated carbocycles. The minimum Gasteiger partial charge on any atom is -0.372 e. The van der Waals surface area contributed by atoms with Crippen LogP contribution in [-0.2, 0) is 17.8 Å². The van der Waals surface area contributed by atoms with Crippen LogP contribution in [0.25, 0.3) is 0 Å². The van der Waals surface area contributed by atoms with Gasteiger partial charge in [-0.2, -0.15) is 18.3 Å². The van der Waals surface area contributed by atoms with Crippen molar-refractivity contribution in [3.8, 4) is 0 Å². The molecule has 21 heavy (non-hydrogen) atoms. The van der Waals surface area contributed by atoms with Crippen LogP contribution < -0.4 is 5.32 Å². The summed E-state index contributed by atoms with van der Waals surface area (Å²) in [6.07, 6.45) is -2.67. The van der Waals surface area contributed by atoms with Gasteiger partial charge < -0.3 is 10.1 Å². The van der Waals surface area contributed by atoms with Gasteiger partial charge in [0.25, 0.3) is 0 Å². The van der Waals surface area contributed by atoms with Gasteiger partial charge in [0.1, 0.15) is 6.61 Å². The van der Waals surface area contributed by atoms with Crippen molar-refractivity contribution < 1.29 is 17.9 Å². The van der Waals surface area contributed by atoms with Crippen LogP contribution in [0.4, 0.5) is 13.2 Å². The van der Waals surface area contributed by atoms with Crippen molar-refractivity contribution in [2.45, 2.75) is 52.9 Å². The molecule has 0 aliphatic heterocycles. The summed E-state index contributed by atoms with van der Waals surface area (Å²) in [6, 6.07) is 0. The number of alkyl halides is 3. The van der Waals surface area contributed by atoms with E-state index in [2.05, 4.69) is 22.1 Å². The normalized spacial score (nSPS) is 12.1. The van der Waals surface area contributed by atoms with Crippen molar-refractivity contribution in [2.24, 2.45) is 0 Å². The third kappa shape index (κ3) is 6.48. The van der Waals surface area contributed by atoms with Crippen LogP contribution in [0.3, 0.4) is 0 Å². The number of rotatable bonds is 9. The monoisotopic (exact) mass is 307 g/mol. The van der Waals surface area contributed by atoms with Crippen molar-refractivity contribution in [2.75, 3.05) is 19.8 Å². The van der Waals surface area contributed by atoms with E-state index >= 15 is 0 Å². The summed E-state index contributed by atoms with van der Waals surface area (Å²) in [4.78, 5) is 0. The number of aryl methyl sites for hydroxylation is 2. The van der Waals surface area contributed by atoms with Gasteiger partial charge in [-0.15, -0.1) is 0 Å². The molecule has 1 heterocycles. The fourth-order valence-corrected chi connectivity index (χ4v) is 2.10. The maximum absolute atomic E-state index is 11.9. The molecule has 0 aliphatic carbocycles. The summed E-state index contributed by atoms with van der Waals surface area (Å²) >= 11 is 0. The van der Waals surface area contributed by atoms with Crippen molar-refractivity contribution in [1.29, 1.82) is 0 Å². The average molecular weight is 307 g/mol. The van der Waals surface area contributed by atoms with Crippen LogP contribution in [0.5, 0.6) is 0 Å². The van der Waals surface area contributed by atoms with Gasteiger partial charge in [-0.3, -0.25) is 4.68 Å². The molecule has 0 atom stereocenters. The highest BCUT2D eigenvalue weighted by Crippen LogP contribution is 2.15. The third-order valence-corrected chi connectivity index (χ3v) is 3.18. The minimum absolute atomic E-state index is 0.0846. The van der Waals surface area contributed by atoms with Crippen molar-refractivity contribution in [3.05, 3.63) is 17.0 Å². The van der Waals surface area contributed by atoms with Crippen molar-refractivity contribution >= 4 is 0 Å². The van der Waals surface area contributed by atoms with E-state index < -0.39 is 12.8 Å². The highest BCUT2D eigenvalue weighted by molar-refractivity contribution is 5.24. The van der Waals surface area contributed by atoms with E-state index in [1.54, 1.807) is 0 Å². The maximum Gasteiger partial charge on any atom is 0.411 e. The Labute approximate surface area is 123 Å². The largest absolute Gasteiger partial charge is 0.411 e. The van der Waals surface area contributed by atoms with Crippen LogP contribution >= 0.6 is 0 Å². The molecule has 4 nitrogen and oxygen atoms in total. The zero-order chi connectivity index (χ0) is 15.9. The molecule has 122 valence electrons. The number of halogens is 3. The Morgan fingerprint density at radius 1 is 1.29 bits per heavy atom. The molecule has 1 rings (SSSR count). The van der Waals surface area contributed by atoms with Gasteiger partial charge in [0, 0.05) is 31.0 Å². The molecule has 0 unspecified atom stereocenters. The predicted octanol–water partition coefficient (Wildman–Crippen LogP) is 2.97. The average Bonchev–Trinajstić information content (AvgIpc) is 2.65. The summed E-state index contributed by atoms with van der Waals surface area (Å²) in [6.45, 7) is 7.24. The molecular weight excluding hydrogens is 283 g/mol. The molecule has 1 N–H and O–H groups in total. The van der Waals surface area contributed by atoms with E-state index in [-0.39, 0.29) is 6.61 Å². The van der Waals surface area contributed by atoms with Crippen molar-refractivity contribution in [1.82, 2.24) is 15.1 Å². The molecule has 1 aromatic heterocycles. The Balaban J connectivity index is 2.40. The molecule has 0 radical (unpaired) electrons. The quantitative estimate of drug-likeness (QED) is 0.713. The first-order valence-corrected chi connectivity index (χ1v) is 7.23. The van der Waals surface area contributed by atoms with Gasteiger partial charge in [-0.1, -0.05) is 6.92 Å². The van der Waals surface area contributed by atoms with Gasteiger partial charge >= 0.3 is 6.18 Å². The third-order valence-electron chi connectivity index (χ3n) is 3.18. The lowest BCUT2D eigenvalue weighted by Gasteiger charge is -2.08. The van der Waals surface area contributed by atoms with Gasteiger partial charge in [0.15, 0.2) is 0 Å². The highest BCUT2D eigenvalue weighted by atomic mass is 19.4. The van der Waals surface area contributed by atoms with E-state index in [0.29, 0.717) is 13.0 Å². The summed E-state index contributed by atoms with van der Waals surface area (Å²) in [7, 11) is 0. The number of nitrogens with zero attached hydrogens (tertiary/aromatic N) is 2. The van der Waals surface area contributed by atoms with Gasteiger partial charge in [-0.25, -0.2) is 0 Å². The Bertz CT molecular complexity index is 430. The second kappa shape index (κ2) is 8.38. The molecule has 0 fully saturated rings. The van der Waals surface area contributed by atoms with Crippen molar-refractivity contribution in [3.63, 3.8) is 0 Å². The second-order valence-electron chi connectivity index (χ2n) is 5.07. The number of aromatic nitrogens is 2. The molecule has 0 amide bonds. The Kier molecular flexibility index (Phi) is 7.17. The van der Waals surface area contributed by atoms with E-state index in [1.165, 1.54) is 5.56 Å².